The smallest absolute Gasteiger partial charge is 0.320 e. The third-order valence-electron chi connectivity index (χ3n) is 4.11. The lowest BCUT2D eigenvalue weighted by molar-refractivity contribution is 0.247. The first-order valence-corrected chi connectivity index (χ1v) is 7.86. The molecule has 1 fully saturated rings. The van der Waals surface area contributed by atoms with E-state index in [-0.39, 0.29) is 12.1 Å². The van der Waals surface area contributed by atoms with Gasteiger partial charge in [0.15, 0.2) is 5.82 Å². The van der Waals surface area contributed by atoms with Crippen molar-refractivity contribution < 1.29 is 9.18 Å². The lowest BCUT2D eigenvalue weighted by atomic mass is 10.2. The van der Waals surface area contributed by atoms with E-state index in [1.165, 1.54) is 5.56 Å². The number of amides is 2. The Kier molecular flexibility index (Phi) is 4.32. The number of nitrogens with one attached hydrogen (secondary N) is 2. The summed E-state index contributed by atoms with van der Waals surface area (Å²) in [6.45, 7) is 3.96. The molecule has 1 aromatic heterocycles. The molecule has 1 aliphatic rings. The maximum atomic E-state index is 13.1. The van der Waals surface area contributed by atoms with Crippen LogP contribution in [0.5, 0.6) is 0 Å². The molecule has 1 heterocycles. The van der Waals surface area contributed by atoms with Crippen LogP contribution in [-0.4, -0.2) is 28.0 Å². The molecule has 2 atom stereocenters. The minimum Gasteiger partial charge on any atom is -0.335 e. The second-order valence-corrected chi connectivity index (χ2v) is 6.12. The average Bonchev–Trinajstić information content (AvgIpc) is 3.06. The number of alkyl halides is 1. The van der Waals surface area contributed by atoms with Gasteiger partial charge in [0.05, 0.1) is 5.69 Å². The van der Waals surface area contributed by atoms with Gasteiger partial charge in [-0.25, -0.2) is 13.9 Å². The SMILES string of the molecule is Cc1ccc(-n2nc(NC(=O)NC3CCC(F)C3)cc2C)cc1. The molecule has 1 aliphatic carbocycles. The fourth-order valence-corrected chi connectivity index (χ4v) is 2.88. The number of aromatic nitrogens is 2. The van der Waals surface area contributed by atoms with E-state index in [1.807, 2.05) is 44.2 Å². The Morgan fingerprint density at radius 3 is 2.65 bits per heavy atom. The molecule has 2 amide bonds. The van der Waals surface area contributed by atoms with Gasteiger partial charge in [0.2, 0.25) is 0 Å². The van der Waals surface area contributed by atoms with Crippen LogP contribution in [0.4, 0.5) is 15.0 Å². The molecule has 0 saturated heterocycles. The second kappa shape index (κ2) is 6.40. The third kappa shape index (κ3) is 3.70. The van der Waals surface area contributed by atoms with Gasteiger partial charge in [-0.1, -0.05) is 17.7 Å². The van der Waals surface area contributed by atoms with E-state index in [1.54, 1.807) is 4.68 Å². The standard InChI is InChI=1S/C17H21FN4O/c1-11-3-7-15(8-4-11)22-12(2)9-16(21-22)20-17(23)19-14-6-5-13(18)10-14/h3-4,7-9,13-14H,5-6,10H2,1-2H3,(H2,19,20,21,23). The summed E-state index contributed by atoms with van der Waals surface area (Å²) in [4.78, 5) is 12.0. The van der Waals surface area contributed by atoms with Crippen molar-refractivity contribution in [2.24, 2.45) is 0 Å². The Bertz CT molecular complexity index is 695. The van der Waals surface area contributed by atoms with Crippen LogP contribution in [0.1, 0.15) is 30.5 Å². The first-order chi connectivity index (χ1) is 11.0. The van der Waals surface area contributed by atoms with Crippen LogP contribution in [0.25, 0.3) is 5.69 Å². The normalized spacial score (nSPS) is 20.5. The molecule has 0 aliphatic heterocycles. The van der Waals surface area contributed by atoms with Gasteiger partial charge in [-0.3, -0.25) is 5.32 Å². The van der Waals surface area contributed by atoms with Gasteiger partial charge in [-0.2, -0.15) is 0 Å². The highest BCUT2D eigenvalue weighted by molar-refractivity contribution is 5.88. The molecule has 1 aromatic carbocycles. The minimum absolute atomic E-state index is 0.0923. The van der Waals surface area contributed by atoms with Crippen molar-refractivity contribution in [1.82, 2.24) is 15.1 Å². The lowest BCUT2D eigenvalue weighted by Gasteiger charge is -2.11. The molecule has 2 unspecified atom stereocenters. The molecule has 3 rings (SSSR count). The summed E-state index contributed by atoms with van der Waals surface area (Å²) >= 11 is 0. The summed E-state index contributed by atoms with van der Waals surface area (Å²) in [5.41, 5.74) is 3.05. The Balaban J connectivity index is 1.66. The van der Waals surface area contributed by atoms with Crippen molar-refractivity contribution in [2.45, 2.75) is 45.3 Å². The van der Waals surface area contributed by atoms with Crippen LogP contribution in [0, 0.1) is 13.8 Å². The predicted octanol–water partition coefficient (Wildman–Crippen LogP) is 3.50. The Labute approximate surface area is 134 Å². The van der Waals surface area contributed by atoms with E-state index in [9.17, 15) is 9.18 Å². The summed E-state index contributed by atoms with van der Waals surface area (Å²) in [6.07, 6.45) is 0.796. The van der Waals surface area contributed by atoms with Crippen molar-refractivity contribution in [3.63, 3.8) is 0 Å². The molecule has 0 spiro atoms. The van der Waals surface area contributed by atoms with Gasteiger partial charge in [-0.05, 0) is 45.2 Å². The maximum Gasteiger partial charge on any atom is 0.320 e. The number of hydrogen-bond acceptors (Lipinski definition) is 2. The van der Waals surface area contributed by atoms with E-state index in [4.69, 9.17) is 0 Å². The minimum atomic E-state index is -0.803. The highest BCUT2D eigenvalue weighted by Crippen LogP contribution is 2.22. The number of hydrogen-bond donors (Lipinski definition) is 2. The summed E-state index contributed by atoms with van der Waals surface area (Å²) in [7, 11) is 0. The number of rotatable bonds is 3. The van der Waals surface area contributed by atoms with Gasteiger partial charge < -0.3 is 5.32 Å². The van der Waals surface area contributed by atoms with Crippen LogP contribution in [0.3, 0.4) is 0 Å². The van der Waals surface area contributed by atoms with E-state index in [0.717, 1.165) is 11.4 Å². The van der Waals surface area contributed by atoms with Crippen LogP contribution in [0.2, 0.25) is 0 Å². The summed E-state index contributed by atoms with van der Waals surface area (Å²) in [5.74, 6) is 0.482. The van der Waals surface area contributed by atoms with Crippen molar-refractivity contribution in [2.75, 3.05) is 5.32 Å². The number of carbonyl (C=O) groups is 1. The molecular weight excluding hydrogens is 295 g/mol. The fourth-order valence-electron chi connectivity index (χ4n) is 2.88. The molecule has 0 bridgehead atoms. The van der Waals surface area contributed by atoms with E-state index < -0.39 is 6.17 Å². The molecule has 23 heavy (non-hydrogen) atoms. The number of benzene rings is 1. The Hall–Kier alpha value is -2.37. The zero-order valence-electron chi connectivity index (χ0n) is 13.3. The largest absolute Gasteiger partial charge is 0.335 e. The summed E-state index contributed by atoms with van der Waals surface area (Å²) in [6, 6.07) is 9.39. The van der Waals surface area contributed by atoms with Crippen LogP contribution < -0.4 is 10.6 Å². The highest BCUT2D eigenvalue weighted by atomic mass is 19.1. The second-order valence-electron chi connectivity index (χ2n) is 6.12. The zero-order chi connectivity index (χ0) is 16.4. The third-order valence-corrected chi connectivity index (χ3v) is 4.11. The number of carbonyl (C=O) groups excluding carboxylic acids is 1. The van der Waals surface area contributed by atoms with Crippen LogP contribution in [0.15, 0.2) is 30.3 Å². The monoisotopic (exact) mass is 316 g/mol. The number of anilines is 1. The van der Waals surface area contributed by atoms with Gasteiger partial charge in [0.1, 0.15) is 6.17 Å². The fraction of sp³-hybridized carbons (Fsp3) is 0.412. The molecule has 122 valence electrons. The van der Waals surface area contributed by atoms with E-state index in [0.29, 0.717) is 25.1 Å². The number of urea groups is 1. The number of aryl methyl sites for hydroxylation is 2. The molecule has 2 aromatic rings. The molecule has 1 saturated carbocycles. The van der Waals surface area contributed by atoms with Gasteiger partial charge in [0.25, 0.3) is 0 Å². The average molecular weight is 316 g/mol. The number of nitrogens with zero attached hydrogens (tertiary/aromatic N) is 2. The van der Waals surface area contributed by atoms with Gasteiger partial charge in [-0.15, -0.1) is 5.10 Å². The highest BCUT2D eigenvalue weighted by Gasteiger charge is 2.25. The Morgan fingerprint density at radius 2 is 2.00 bits per heavy atom. The van der Waals surface area contributed by atoms with Gasteiger partial charge >= 0.3 is 6.03 Å². The first kappa shape index (κ1) is 15.5. The summed E-state index contributed by atoms with van der Waals surface area (Å²) in [5, 5.41) is 9.93. The molecule has 5 nitrogen and oxygen atoms in total. The molecular formula is C17H21FN4O. The van der Waals surface area contributed by atoms with Crippen molar-refractivity contribution in [1.29, 1.82) is 0 Å². The van der Waals surface area contributed by atoms with E-state index in [2.05, 4.69) is 15.7 Å². The van der Waals surface area contributed by atoms with Crippen molar-refractivity contribution >= 4 is 11.8 Å². The molecule has 2 N–H and O–H groups in total. The molecule has 6 heteroatoms. The van der Waals surface area contributed by atoms with Crippen LogP contribution >= 0.6 is 0 Å². The maximum absolute atomic E-state index is 13.1. The number of halogens is 1. The van der Waals surface area contributed by atoms with Crippen molar-refractivity contribution in [3.8, 4) is 5.69 Å². The lowest BCUT2D eigenvalue weighted by Crippen LogP contribution is -2.36. The zero-order valence-corrected chi connectivity index (χ0v) is 13.3. The van der Waals surface area contributed by atoms with Crippen molar-refractivity contribution in [3.05, 3.63) is 41.6 Å². The first-order valence-electron chi connectivity index (χ1n) is 7.86. The molecule has 0 radical (unpaired) electrons. The van der Waals surface area contributed by atoms with Crippen LogP contribution in [-0.2, 0) is 0 Å². The summed E-state index contributed by atoms with van der Waals surface area (Å²) < 4.78 is 14.9. The van der Waals surface area contributed by atoms with Gasteiger partial charge in [0, 0.05) is 17.8 Å². The predicted molar refractivity (Wildman–Crippen MR) is 87.7 cm³/mol. The topological polar surface area (TPSA) is 59.0 Å². The van der Waals surface area contributed by atoms with E-state index >= 15 is 0 Å². The Morgan fingerprint density at radius 1 is 1.26 bits per heavy atom. The quantitative estimate of drug-likeness (QED) is 0.910.